The van der Waals surface area contributed by atoms with E-state index in [4.69, 9.17) is 4.74 Å². The van der Waals surface area contributed by atoms with Crippen LogP contribution in [0.15, 0.2) is 18.2 Å². The fourth-order valence-corrected chi connectivity index (χ4v) is 1.85. The quantitative estimate of drug-likeness (QED) is 0.561. The van der Waals surface area contributed by atoms with E-state index in [0.717, 1.165) is 17.7 Å². The largest absolute Gasteiger partial charge is 0.490 e. The highest BCUT2D eigenvalue weighted by atomic mass is 16.6. The maximum atomic E-state index is 10.2. The van der Waals surface area contributed by atoms with Gasteiger partial charge in [0.25, 0.3) is 0 Å². The Morgan fingerprint density at radius 3 is 3.13 bits per heavy atom. The lowest BCUT2D eigenvalue weighted by atomic mass is 10.1. The van der Waals surface area contributed by atoms with Gasteiger partial charge in [-0.05, 0) is 24.1 Å². The summed E-state index contributed by atoms with van der Waals surface area (Å²) in [6, 6.07) is 5.83. The fourth-order valence-electron chi connectivity index (χ4n) is 1.85. The molecule has 4 heteroatoms. The van der Waals surface area contributed by atoms with Crippen LogP contribution in [0, 0.1) is 10.1 Å². The summed E-state index contributed by atoms with van der Waals surface area (Å²) >= 11 is 0. The van der Waals surface area contributed by atoms with Gasteiger partial charge in [-0.15, -0.1) is 0 Å². The van der Waals surface area contributed by atoms with Gasteiger partial charge in [-0.2, -0.15) is 0 Å². The molecule has 0 fully saturated rings. The van der Waals surface area contributed by atoms with E-state index in [2.05, 4.69) is 0 Å². The molecule has 80 valence electrons. The van der Waals surface area contributed by atoms with Crippen molar-refractivity contribution in [3.63, 3.8) is 0 Å². The molecule has 4 nitrogen and oxygen atoms in total. The van der Waals surface area contributed by atoms with Crippen LogP contribution in [0.25, 0.3) is 0 Å². The zero-order valence-corrected chi connectivity index (χ0v) is 8.60. The van der Waals surface area contributed by atoms with Crippen molar-refractivity contribution in [2.45, 2.75) is 25.9 Å². The number of benzene rings is 1. The van der Waals surface area contributed by atoms with E-state index in [9.17, 15) is 10.1 Å². The van der Waals surface area contributed by atoms with E-state index in [-0.39, 0.29) is 17.6 Å². The summed E-state index contributed by atoms with van der Waals surface area (Å²) in [4.78, 5) is 9.95. The molecule has 1 aliphatic rings. The number of nitro groups is 1. The first-order valence-electron chi connectivity index (χ1n) is 5.05. The number of hydrogen-bond donors (Lipinski definition) is 0. The second-order valence-corrected chi connectivity index (χ2v) is 3.88. The smallest absolute Gasteiger partial charge is 0.207 e. The SMILES string of the molecule is CC1Cc2cc(CC[N+](=O)[O-])ccc2O1. The standard InChI is InChI=1S/C11H13NO3/c1-8-6-10-7-9(4-5-12(13)14)2-3-11(10)15-8/h2-3,7-8H,4-6H2,1H3. The average Bonchev–Trinajstić information content (AvgIpc) is 2.53. The van der Waals surface area contributed by atoms with E-state index in [1.165, 1.54) is 5.56 Å². The summed E-state index contributed by atoms with van der Waals surface area (Å²) in [6.45, 7) is 2.02. The third kappa shape index (κ3) is 2.26. The van der Waals surface area contributed by atoms with Gasteiger partial charge in [-0.1, -0.05) is 12.1 Å². The Morgan fingerprint density at radius 1 is 1.60 bits per heavy atom. The van der Waals surface area contributed by atoms with E-state index < -0.39 is 0 Å². The molecule has 0 saturated heterocycles. The second kappa shape index (κ2) is 3.88. The third-order valence-electron chi connectivity index (χ3n) is 2.54. The summed E-state index contributed by atoms with van der Waals surface area (Å²) in [6.07, 6.45) is 1.63. The molecule has 1 atom stereocenters. The zero-order valence-electron chi connectivity index (χ0n) is 8.60. The van der Waals surface area contributed by atoms with Crippen molar-refractivity contribution in [3.8, 4) is 5.75 Å². The van der Waals surface area contributed by atoms with E-state index >= 15 is 0 Å². The van der Waals surface area contributed by atoms with Gasteiger partial charge in [0.15, 0.2) is 0 Å². The number of nitrogens with zero attached hydrogens (tertiary/aromatic N) is 1. The number of fused-ring (bicyclic) bond motifs is 1. The van der Waals surface area contributed by atoms with Gasteiger partial charge in [0.2, 0.25) is 6.54 Å². The van der Waals surface area contributed by atoms with Crippen molar-refractivity contribution in [2.75, 3.05) is 6.54 Å². The molecule has 0 spiro atoms. The Morgan fingerprint density at radius 2 is 2.40 bits per heavy atom. The lowest BCUT2D eigenvalue weighted by Gasteiger charge is -2.02. The van der Waals surface area contributed by atoms with E-state index in [1.54, 1.807) is 0 Å². The minimum Gasteiger partial charge on any atom is -0.490 e. The fraction of sp³-hybridized carbons (Fsp3) is 0.455. The van der Waals surface area contributed by atoms with Crippen LogP contribution in [0.4, 0.5) is 0 Å². The molecule has 1 aromatic carbocycles. The minimum absolute atomic E-state index is 0.00476. The van der Waals surface area contributed by atoms with Crippen LogP contribution in [0.5, 0.6) is 5.75 Å². The average molecular weight is 207 g/mol. The van der Waals surface area contributed by atoms with Gasteiger partial charge < -0.3 is 4.74 Å². The van der Waals surface area contributed by atoms with Gasteiger partial charge in [-0.25, -0.2) is 0 Å². The van der Waals surface area contributed by atoms with E-state index in [0.29, 0.717) is 6.42 Å². The monoisotopic (exact) mass is 207 g/mol. The molecule has 0 N–H and O–H groups in total. The van der Waals surface area contributed by atoms with Crippen molar-refractivity contribution in [1.82, 2.24) is 0 Å². The predicted molar refractivity (Wildman–Crippen MR) is 55.8 cm³/mol. The highest BCUT2D eigenvalue weighted by Crippen LogP contribution is 2.29. The van der Waals surface area contributed by atoms with Crippen LogP contribution in [-0.4, -0.2) is 17.6 Å². The minimum atomic E-state index is -0.285. The number of rotatable bonds is 3. The van der Waals surface area contributed by atoms with Gasteiger partial charge in [0.05, 0.1) is 0 Å². The van der Waals surface area contributed by atoms with Crippen LogP contribution in [-0.2, 0) is 12.8 Å². The first-order valence-corrected chi connectivity index (χ1v) is 5.05. The molecule has 0 aromatic heterocycles. The normalized spacial score (nSPS) is 18.3. The molecule has 0 bridgehead atoms. The molecule has 2 rings (SSSR count). The molecule has 0 radical (unpaired) electrons. The molecule has 1 aliphatic heterocycles. The second-order valence-electron chi connectivity index (χ2n) is 3.88. The van der Waals surface area contributed by atoms with Crippen molar-refractivity contribution >= 4 is 0 Å². The molecular weight excluding hydrogens is 194 g/mol. The number of hydrogen-bond acceptors (Lipinski definition) is 3. The van der Waals surface area contributed by atoms with Gasteiger partial charge in [0.1, 0.15) is 11.9 Å². The Labute approximate surface area is 88.0 Å². The first kappa shape index (κ1) is 9.96. The maximum Gasteiger partial charge on any atom is 0.207 e. The van der Waals surface area contributed by atoms with Crippen molar-refractivity contribution in [2.24, 2.45) is 0 Å². The Bertz CT molecular complexity index is 389. The number of ether oxygens (including phenoxy) is 1. The maximum absolute atomic E-state index is 10.2. The molecule has 0 saturated carbocycles. The molecule has 0 aliphatic carbocycles. The topological polar surface area (TPSA) is 52.4 Å². The summed E-state index contributed by atoms with van der Waals surface area (Å²) in [5.41, 5.74) is 2.19. The van der Waals surface area contributed by atoms with Crippen LogP contribution >= 0.6 is 0 Å². The Hall–Kier alpha value is -1.58. The summed E-state index contributed by atoms with van der Waals surface area (Å²) < 4.78 is 5.55. The lowest BCUT2D eigenvalue weighted by molar-refractivity contribution is -0.479. The lowest BCUT2D eigenvalue weighted by Crippen LogP contribution is -2.05. The summed E-state index contributed by atoms with van der Waals surface area (Å²) in [5.74, 6) is 0.923. The molecule has 1 unspecified atom stereocenters. The van der Waals surface area contributed by atoms with Gasteiger partial charge in [-0.3, -0.25) is 10.1 Å². The first-order chi connectivity index (χ1) is 7.15. The zero-order chi connectivity index (χ0) is 10.8. The highest BCUT2D eigenvalue weighted by Gasteiger charge is 2.18. The van der Waals surface area contributed by atoms with Crippen LogP contribution < -0.4 is 4.74 Å². The molecule has 0 amide bonds. The van der Waals surface area contributed by atoms with Crippen LogP contribution in [0.2, 0.25) is 0 Å². The van der Waals surface area contributed by atoms with E-state index in [1.807, 2.05) is 25.1 Å². The van der Waals surface area contributed by atoms with Crippen LogP contribution in [0.1, 0.15) is 18.1 Å². The molecule has 15 heavy (non-hydrogen) atoms. The Kier molecular flexibility index (Phi) is 2.58. The molecule has 1 aromatic rings. The molecular formula is C11H13NO3. The third-order valence-corrected chi connectivity index (χ3v) is 2.54. The predicted octanol–water partition coefficient (Wildman–Crippen LogP) is 1.83. The van der Waals surface area contributed by atoms with Gasteiger partial charge in [0, 0.05) is 17.8 Å². The summed E-state index contributed by atoms with van der Waals surface area (Å²) in [7, 11) is 0. The van der Waals surface area contributed by atoms with Crippen molar-refractivity contribution in [3.05, 3.63) is 39.4 Å². The summed E-state index contributed by atoms with van der Waals surface area (Å²) in [5, 5.41) is 10.2. The molecule has 1 heterocycles. The van der Waals surface area contributed by atoms with Crippen molar-refractivity contribution < 1.29 is 9.66 Å². The Balaban J connectivity index is 2.09. The highest BCUT2D eigenvalue weighted by molar-refractivity contribution is 5.40. The van der Waals surface area contributed by atoms with Crippen LogP contribution in [0.3, 0.4) is 0 Å². The van der Waals surface area contributed by atoms with Crippen molar-refractivity contribution in [1.29, 1.82) is 0 Å². The van der Waals surface area contributed by atoms with Gasteiger partial charge >= 0.3 is 0 Å².